The highest BCUT2D eigenvalue weighted by Crippen LogP contribution is 2.01. The van der Waals surface area contributed by atoms with Crippen molar-refractivity contribution in [3.63, 3.8) is 0 Å². The van der Waals surface area contributed by atoms with E-state index in [1.54, 1.807) is 0 Å². The predicted molar refractivity (Wildman–Crippen MR) is 95.4 cm³/mol. The average molecular weight is 344 g/mol. The zero-order chi connectivity index (χ0) is 18.5. The number of hydrogen-bond acceptors (Lipinski definition) is 3. The van der Waals surface area contributed by atoms with E-state index in [1.165, 1.54) is 6.92 Å². The molecule has 0 radical (unpaired) electrons. The SMILES string of the molecule is C#CCNC(=O)NCCCC(NC(C)=O)C(=O)NCc1ccccc1. The third kappa shape index (κ3) is 9.01. The molecule has 25 heavy (non-hydrogen) atoms. The average Bonchev–Trinajstić information content (AvgIpc) is 2.61. The Kier molecular flexibility index (Phi) is 9.23. The van der Waals surface area contributed by atoms with Crippen LogP contribution < -0.4 is 21.3 Å². The van der Waals surface area contributed by atoms with Gasteiger partial charge >= 0.3 is 6.03 Å². The van der Waals surface area contributed by atoms with Crippen LogP contribution in [0.25, 0.3) is 0 Å². The fraction of sp³-hybridized carbons (Fsp3) is 0.389. The van der Waals surface area contributed by atoms with E-state index in [2.05, 4.69) is 27.2 Å². The zero-order valence-corrected chi connectivity index (χ0v) is 14.3. The lowest BCUT2D eigenvalue weighted by molar-refractivity contribution is -0.128. The lowest BCUT2D eigenvalue weighted by Gasteiger charge is -2.18. The largest absolute Gasteiger partial charge is 0.350 e. The van der Waals surface area contributed by atoms with Gasteiger partial charge in [-0.25, -0.2) is 4.79 Å². The fourth-order valence-electron chi connectivity index (χ4n) is 2.12. The van der Waals surface area contributed by atoms with Crippen LogP contribution in [0.5, 0.6) is 0 Å². The summed E-state index contributed by atoms with van der Waals surface area (Å²) in [6, 6.07) is 8.50. The number of carbonyl (C=O) groups is 3. The Bertz CT molecular complexity index is 610. The van der Waals surface area contributed by atoms with Crippen molar-refractivity contribution in [1.29, 1.82) is 0 Å². The maximum absolute atomic E-state index is 12.3. The van der Waals surface area contributed by atoms with E-state index in [-0.39, 0.29) is 24.4 Å². The predicted octanol–water partition coefficient (Wildman–Crippen LogP) is 0.520. The molecule has 0 spiro atoms. The minimum absolute atomic E-state index is 0.155. The van der Waals surface area contributed by atoms with Gasteiger partial charge in [-0.3, -0.25) is 9.59 Å². The van der Waals surface area contributed by atoms with Gasteiger partial charge in [-0.2, -0.15) is 0 Å². The summed E-state index contributed by atoms with van der Waals surface area (Å²) in [5.41, 5.74) is 0.976. The van der Waals surface area contributed by atoms with Crippen molar-refractivity contribution in [3.05, 3.63) is 35.9 Å². The summed E-state index contributed by atoms with van der Waals surface area (Å²) in [5, 5.41) is 10.6. The summed E-state index contributed by atoms with van der Waals surface area (Å²) in [6.45, 7) is 2.28. The molecular weight excluding hydrogens is 320 g/mol. The van der Waals surface area contributed by atoms with Crippen molar-refractivity contribution < 1.29 is 14.4 Å². The molecule has 1 aromatic rings. The van der Waals surface area contributed by atoms with Crippen LogP contribution in [0.1, 0.15) is 25.3 Å². The molecule has 7 nitrogen and oxygen atoms in total. The first-order chi connectivity index (χ1) is 12.0. The quantitative estimate of drug-likeness (QED) is 0.388. The Labute approximate surface area is 147 Å². The van der Waals surface area contributed by atoms with Gasteiger partial charge in [0.15, 0.2) is 0 Å². The van der Waals surface area contributed by atoms with Crippen molar-refractivity contribution in [2.24, 2.45) is 0 Å². The standard InChI is InChI=1S/C18H24N4O3/c1-3-11-19-18(25)20-12-7-10-16(22-14(2)23)17(24)21-13-15-8-5-4-6-9-15/h1,4-6,8-9,16H,7,10-13H2,2H3,(H,21,24)(H,22,23)(H2,19,20,25). The number of nitrogens with one attached hydrogen (secondary N) is 4. The summed E-state index contributed by atoms with van der Waals surface area (Å²) in [6.07, 6.45) is 5.99. The molecule has 1 rings (SSSR count). The Morgan fingerprint density at radius 1 is 1.12 bits per heavy atom. The van der Waals surface area contributed by atoms with E-state index >= 15 is 0 Å². The van der Waals surface area contributed by atoms with Crippen LogP contribution in [0.4, 0.5) is 4.79 Å². The van der Waals surface area contributed by atoms with Crippen LogP contribution in [0, 0.1) is 12.3 Å². The fourth-order valence-corrected chi connectivity index (χ4v) is 2.12. The number of urea groups is 1. The summed E-state index contributed by atoms with van der Waals surface area (Å²) >= 11 is 0. The van der Waals surface area contributed by atoms with Gasteiger partial charge in [-0.1, -0.05) is 36.3 Å². The van der Waals surface area contributed by atoms with E-state index in [4.69, 9.17) is 6.42 Å². The highest BCUT2D eigenvalue weighted by molar-refractivity contribution is 5.86. The molecule has 0 aliphatic carbocycles. The summed E-state index contributed by atoms with van der Waals surface area (Å²) < 4.78 is 0. The molecule has 134 valence electrons. The highest BCUT2D eigenvalue weighted by Gasteiger charge is 2.18. The van der Waals surface area contributed by atoms with Gasteiger partial charge in [0.1, 0.15) is 6.04 Å². The van der Waals surface area contributed by atoms with Crippen LogP contribution in [0.3, 0.4) is 0 Å². The van der Waals surface area contributed by atoms with Crippen LogP contribution in [-0.4, -0.2) is 37.0 Å². The van der Waals surface area contributed by atoms with Crippen LogP contribution >= 0.6 is 0 Å². The van der Waals surface area contributed by atoms with Gasteiger partial charge in [-0.15, -0.1) is 6.42 Å². The Hall–Kier alpha value is -3.01. The van der Waals surface area contributed by atoms with E-state index < -0.39 is 6.04 Å². The summed E-state index contributed by atoms with van der Waals surface area (Å²) in [4.78, 5) is 34.9. The molecule has 0 aliphatic rings. The third-order valence-corrected chi connectivity index (χ3v) is 3.31. The minimum atomic E-state index is -0.642. The van der Waals surface area contributed by atoms with Gasteiger partial charge < -0.3 is 21.3 Å². The van der Waals surface area contributed by atoms with Gasteiger partial charge in [0.2, 0.25) is 11.8 Å². The Balaban J connectivity index is 2.39. The normalized spacial score (nSPS) is 10.9. The third-order valence-electron chi connectivity index (χ3n) is 3.31. The smallest absolute Gasteiger partial charge is 0.315 e. The van der Waals surface area contributed by atoms with Crippen molar-refractivity contribution in [2.45, 2.75) is 32.4 Å². The lowest BCUT2D eigenvalue weighted by Crippen LogP contribution is -2.46. The molecule has 7 heteroatoms. The van der Waals surface area contributed by atoms with Crippen molar-refractivity contribution in [3.8, 4) is 12.3 Å². The topological polar surface area (TPSA) is 99.3 Å². The van der Waals surface area contributed by atoms with Crippen LogP contribution in [0.15, 0.2) is 30.3 Å². The number of benzene rings is 1. The Morgan fingerprint density at radius 3 is 2.48 bits per heavy atom. The summed E-state index contributed by atoms with van der Waals surface area (Å²) in [5.74, 6) is 1.77. The van der Waals surface area contributed by atoms with Gasteiger partial charge in [-0.05, 0) is 18.4 Å². The van der Waals surface area contributed by atoms with Crippen molar-refractivity contribution in [2.75, 3.05) is 13.1 Å². The molecule has 0 heterocycles. The van der Waals surface area contributed by atoms with Crippen molar-refractivity contribution >= 4 is 17.8 Å². The van der Waals surface area contributed by atoms with E-state index in [0.29, 0.717) is 25.9 Å². The first kappa shape index (κ1) is 20.0. The van der Waals surface area contributed by atoms with E-state index in [1.807, 2.05) is 30.3 Å². The van der Waals surface area contributed by atoms with Gasteiger partial charge in [0.25, 0.3) is 0 Å². The first-order valence-electron chi connectivity index (χ1n) is 8.07. The number of hydrogen-bond donors (Lipinski definition) is 4. The molecule has 4 N–H and O–H groups in total. The molecular formula is C18H24N4O3. The molecule has 1 aromatic carbocycles. The molecule has 0 aliphatic heterocycles. The first-order valence-corrected chi connectivity index (χ1v) is 8.07. The number of terminal acetylenes is 1. The molecule has 0 fully saturated rings. The molecule has 0 saturated carbocycles. The van der Waals surface area contributed by atoms with E-state index in [9.17, 15) is 14.4 Å². The van der Waals surface area contributed by atoms with Crippen molar-refractivity contribution in [1.82, 2.24) is 21.3 Å². The molecule has 4 amide bonds. The maximum Gasteiger partial charge on any atom is 0.315 e. The lowest BCUT2D eigenvalue weighted by atomic mass is 10.1. The molecule has 1 unspecified atom stereocenters. The number of amides is 4. The van der Waals surface area contributed by atoms with Gasteiger partial charge in [0, 0.05) is 20.0 Å². The second-order valence-electron chi connectivity index (χ2n) is 5.41. The Morgan fingerprint density at radius 2 is 1.84 bits per heavy atom. The minimum Gasteiger partial charge on any atom is -0.350 e. The zero-order valence-electron chi connectivity index (χ0n) is 14.3. The highest BCUT2D eigenvalue weighted by atomic mass is 16.2. The second kappa shape index (κ2) is 11.5. The second-order valence-corrected chi connectivity index (χ2v) is 5.41. The monoisotopic (exact) mass is 344 g/mol. The van der Waals surface area contributed by atoms with Crippen LogP contribution in [0.2, 0.25) is 0 Å². The molecule has 1 atom stereocenters. The van der Waals surface area contributed by atoms with Gasteiger partial charge in [0.05, 0.1) is 6.54 Å². The molecule has 0 aromatic heterocycles. The number of rotatable bonds is 9. The maximum atomic E-state index is 12.3. The molecule has 0 saturated heterocycles. The van der Waals surface area contributed by atoms with Crippen LogP contribution in [-0.2, 0) is 16.1 Å². The number of carbonyl (C=O) groups excluding carboxylic acids is 3. The molecule has 0 bridgehead atoms. The van der Waals surface area contributed by atoms with E-state index in [0.717, 1.165) is 5.56 Å². The summed E-state index contributed by atoms with van der Waals surface area (Å²) in [7, 11) is 0.